The normalized spacial score (nSPS) is 21.0. The van der Waals surface area contributed by atoms with E-state index in [9.17, 15) is 24.3 Å². The number of hydrogen-bond acceptors (Lipinski definition) is 9. The van der Waals surface area contributed by atoms with Gasteiger partial charge in [0.2, 0.25) is 5.91 Å². The number of esters is 3. The van der Waals surface area contributed by atoms with Gasteiger partial charge in [-0.1, -0.05) is 123 Å². The van der Waals surface area contributed by atoms with E-state index in [4.69, 9.17) is 18.9 Å². The van der Waals surface area contributed by atoms with Crippen LogP contribution in [0.2, 0.25) is 0 Å². The summed E-state index contributed by atoms with van der Waals surface area (Å²) in [5, 5.41) is 10.2. The van der Waals surface area contributed by atoms with Gasteiger partial charge in [-0.2, -0.15) is 0 Å². The lowest BCUT2D eigenvalue weighted by Gasteiger charge is -2.47. The molecule has 0 unspecified atom stereocenters. The molecule has 1 amide bonds. The molecular weight excluding hydrogens is 590 g/mol. The maximum absolute atomic E-state index is 13.8. The van der Waals surface area contributed by atoms with Crippen LogP contribution in [0.1, 0.15) is 163 Å². The van der Waals surface area contributed by atoms with Crippen LogP contribution in [-0.2, 0) is 38.1 Å². The number of nitrogens with zero attached hydrogens (tertiary/aromatic N) is 1. The Bertz CT molecular complexity index is 851. The second kappa shape index (κ2) is 25.8. The fourth-order valence-electron chi connectivity index (χ4n) is 6.16. The van der Waals surface area contributed by atoms with Gasteiger partial charge in [-0.15, -0.1) is 0 Å². The number of carbonyl (C=O) groups is 4. The average Bonchev–Trinajstić information content (AvgIpc) is 3.00. The van der Waals surface area contributed by atoms with Crippen molar-refractivity contribution >= 4 is 23.8 Å². The van der Waals surface area contributed by atoms with Crippen LogP contribution in [0.15, 0.2) is 0 Å². The highest BCUT2D eigenvalue weighted by molar-refractivity contribution is 5.76. The molecule has 0 aromatic carbocycles. The first-order valence-electron chi connectivity index (χ1n) is 18.2. The molecule has 1 aliphatic heterocycles. The molecule has 1 heterocycles. The van der Waals surface area contributed by atoms with Gasteiger partial charge in [-0.25, -0.2) is 0 Å². The van der Waals surface area contributed by atoms with Gasteiger partial charge in [0.15, 0.2) is 24.5 Å². The zero-order chi connectivity index (χ0) is 34.2. The molecule has 5 atom stereocenters. The number of carbonyl (C=O) groups excluding carboxylic acids is 4. The van der Waals surface area contributed by atoms with Crippen LogP contribution in [0.3, 0.4) is 0 Å². The van der Waals surface area contributed by atoms with Gasteiger partial charge in [0, 0.05) is 33.7 Å². The molecular formula is C36H65NO9. The van der Waals surface area contributed by atoms with E-state index in [1.54, 1.807) is 4.90 Å². The van der Waals surface area contributed by atoms with E-state index < -0.39 is 55.2 Å². The third-order valence-corrected chi connectivity index (χ3v) is 8.57. The zero-order valence-corrected chi connectivity index (χ0v) is 29.6. The summed E-state index contributed by atoms with van der Waals surface area (Å²) in [4.78, 5) is 51.8. The van der Waals surface area contributed by atoms with Gasteiger partial charge in [0.1, 0.15) is 6.10 Å². The Morgan fingerprint density at radius 3 is 1.39 bits per heavy atom. The van der Waals surface area contributed by atoms with Crippen molar-refractivity contribution in [1.29, 1.82) is 0 Å². The molecule has 0 spiro atoms. The summed E-state index contributed by atoms with van der Waals surface area (Å²) in [5.74, 6) is -2.16. The van der Waals surface area contributed by atoms with Gasteiger partial charge < -0.3 is 29.0 Å². The van der Waals surface area contributed by atoms with Gasteiger partial charge in [-0.3, -0.25) is 19.2 Å². The lowest BCUT2D eigenvalue weighted by atomic mass is 9.96. The van der Waals surface area contributed by atoms with E-state index in [-0.39, 0.29) is 5.91 Å². The first-order chi connectivity index (χ1) is 22.2. The van der Waals surface area contributed by atoms with Crippen molar-refractivity contribution in [2.45, 2.75) is 194 Å². The lowest BCUT2D eigenvalue weighted by molar-refractivity contribution is -0.275. The maximum Gasteiger partial charge on any atom is 0.303 e. The molecule has 0 aliphatic carbocycles. The summed E-state index contributed by atoms with van der Waals surface area (Å²) in [6.07, 6.45) is 15.8. The second-order valence-corrected chi connectivity index (χ2v) is 12.8. The standard InChI is InChI=1S/C36H65NO9/c1-6-8-10-12-14-16-18-20-22-24-26-37(32(42)25-23-21-19-17-15-13-11-9-7-2)36-35(45-30(5)41)34(44-29(4)40)33(43-28(3)39)31(27-38)46-36/h31,33-36,38H,6-27H2,1-5H3/t31-,33+,34+,35-,36-/m1/s1. The predicted octanol–water partition coefficient (Wildman–Crippen LogP) is 7.17. The first kappa shape index (κ1) is 41.8. The van der Waals surface area contributed by atoms with Crippen LogP contribution >= 0.6 is 0 Å². The van der Waals surface area contributed by atoms with Crippen LogP contribution < -0.4 is 0 Å². The molecule has 0 saturated carbocycles. The number of rotatable bonds is 26. The highest BCUT2D eigenvalue weighted by Crippen LogP contribution is 2.31. The summed E-state index contributed by atoms with van der Waals surface area (Å²) >= 11 is 0. The minimum Gasteiger partial charge on any atom is -0.456 e. The minimum atomic E-state index is -1.27. The Kier molecular flexibility index (Phi) is 23.5. The van der Waals surface area contributed by atoms with E-state index >= 15 is 0 Å². The van der Waals surface area contributed by atoms with Gasteiger partial charge in [0.05, 0.1) is 6.61 Å². The largest absolute Gasteiger partial charge is 0.456 e. The summed E-state index contributed by atoms with van der Waals surface area (Å²) < 4.78 is 22.8. The zero-order valence-electron chi connectivity index (χ0n) is 29.6. The summed E-state index contributed by atoms with van der Waals surface area (Å²) in [7, 11) is 0. The Morgan fingerprint density at radius 2 is 0.957 bits per heavy atom. The molecule has 1 N–H and O–H groups in total. The SMILES string of the molecule is CCCCCCCCCCCCN(C(=O)CCCCCCCCCCC)[C@@H]1O[C@H](CO)[C@H](OC(C)=O)[C@H](OC(C)=O)[C@H]1OC(C)=O. The van der Waals surface area contributed by atoms with Crippen LogP contribution in [0.5, 0.6) is 0 Å². The molecule has 0 aromatic heterocycles. The van der Waals surface area contributed by atoms with Gasteiger partial charge >= 0.3 is 17.9 Å². The molecule has 1 rings (SSSR count). The van der Waals surface area contributed by atoms with Crippen molar-refractivity contribution in [3.8, 4) is 0 Å². The van der Waals surface area contributed by atoms with Crippen molar-refractivity contribution in [3.63, 3.8) is 0 Å². The van der Waals surface area contributed by atoms with Crippen LogP contribution in [0, 0.1) is 0 Å². The van der Waals surface area contributed by atoms with Crippen LogP contribution in [0.25, 0.3) is 0 Å². The highest BCUT2D eigenvalue weighted by atomic mass is 16.7. The Balaban J connectivity index is 3.03. The number of amides is 1. The quantitative estimate of drug-likeness (QED) is 0.0586. The Labute approximate surface area is 278 Å². The lowest BCUT2D eigenvalue weighted by Crippen LogP contribution is -2.66. The summed E-state index contributed by atoms with van der Waals surface area (Å²) in [5.41, 5.74) is 0. The molecule has 1 saturated heterocycles. The monoisotopic (exact) mass is 655 g/mol. The van der Waals surface area contributed by atoms with Gasteiger partial charge in [0.25, 0.3) is 0 Å². The van der Waals surface area contributed by atoms with Crippen molar-refractivity contribution in [3.05, 3.63) is 0 Å². The van der Waals surface area contributed by atoms with E-state index in [2.05, 4.69) is 13.8 Å². The van der Waals surface area contributed by atoms with E-state index in [1.165, 1.54) is 91.4 Å². The fraction of sp³-hybridized carbons (Fsp3) is 0.889. The first-order valence-corrected chi connectivity index (χ1v) is 18.2. The molecule has 1 fully saturated rings. The molecule has 0 radical (unpaired) electrons. The summed E-state index contributed by atoms with van der Waals surface area (Å²) in [6, 6.07) is 0. The molecule has 1 aliphatic rings. The molecule has 0 aromatic rings. The third-order valence-electron chi connectivity index (χ3n) is 8.57. The van der Waals surface area contributed by atoms with E-state index in [1.807, 2.05) is 0 Å². The number of aliphatic hydroxyl groups excluding tert-OH is 1. The van der Waals surface area contributed by atoms with Crippen molar-refractivity contribution < 1.29 is 43.2 Å². The average molecular weight is 656 g/mol. The van der Waals surface area contributed by atoms with Crippen LogP contribution in [0.4, 0.5) is 0 Å². The number of aliphatic hydroxyl groups is 1. The predicted molar refractivity (Wildman–Crippen MR) is 178 cm³/mol. The molecule has 10 nitrogen and oxygen atoms in total. The molecule has 0 bridgehead atoms. The van der Waals surface area contributed by atoms with Crippen molar-refractivity contribution in [2.75, 3.05) is 13.2 Å². The number of hydrogen-bond donors (Lipinski definition) is 1. The maximum atomic E-state index is 13.8. The minimum absolute atomic E-state index is 0.148. The Morgan fingerprint density at radius 1 is 0.565 bits per heavy atom. The fourth-order valence-corrected chi connectivity index (χ4v) is 6.16. The third kappa shape index (κ3) is 17.6. The second-order valence-electron chi connectivity index (χ2n) is 12.8. The molecule has 46 heavy (non-hydrogen) atoms. The topological polar surface area (TPSA) is 129 Å². The van der Waals surface area contributed by atoms with E-state index in [0.717, 1.165) is 51.4 Å². The summed E-state index contributed by atoms with van der Waals surface area (Å²) in [6.45, 7) is 7.84. The smallest absolute Gasteiger partial charge is 0.303 e. The van der Waals surface area contributed by atoms with Crippen molar-refractivity contribution in [1.82, 2.24) is 4.90 Å². The van der Waals surface area contributed by atoms with Gasteiger partial charge in [-0.05, 0) is 12.8 Å². The highest BCUT2D eigenvalue weighted by Gasteiger charge is 2.53. The molecule has 10 heteroatoms. The van der Waals surface area contributed by atoms with E-state index in [0.29, 0.717) is 13.0 Å². The van der Waals surface area contributed by atoms with Crippen LogP contribution in [-0.4, -0.2) is 77.6 Å². The Hall–Kier alpha value is -2.20. The number of unbranched alkanes of at least 4 members (excludes halogenated alkanes) is 17. The number of ether oxygens (including phenoxy) is 4. The molecule has 268 valence electrons. The van der Waals surface area contributed by atoms with Crippen molar-refractivity contribution in [2.24, 2.45) is 0 Å².